The summed E-state index contributed by atoms with van der Waals surface area (Å²) < 4.78 is 0. The Morgan fingerprint density at radius 3 is 1.06 bits per heavy atom. The standard InChI is InChI=1S/2C14H22P.2ClH.Pd/c2*1-13(2,3)10-8-7-9-11(15)12(10)14(4,5)6;;;/h2*7-9,15H,1-6H3;2*1H;/q2*-1;;;+4/p-2. The van der Waals surface area contributed by atoms with Gasteiger partial charge in [-0.25, -0.2) is 0 Å². The number of hydrogen-bond acceptors (Lipinski definition) is 0. The first-order valence-corrected chi connectivity index (χ1v) is 21.8. The summed E-state index contributed by atoms with van der Waals surface area (Å²) >= 11 is -2.71. The molecular weight excluding hydrogens is 576 g/mol. The zero-order chi connectivity index (χ0) is 25.6. The summed E-state index contributed by atoms with van der Waals surface area (Å²) in [6.45, 7) is 28.6. The van der Waals surface area contributed by atoms with Gasteiger partial charge in [0.05, 0.1) is 0 Å². The van der Waals surface area contributed by atoms with Crippen molar-refractivity contribution in [1.29, 1.82) is 0 Å². The average molecular weight is 620 g/mol. The molecule has 2 rings (SSSR count). The van der Waals surface area contributed by atoms with Gasteiger partial charge >= 0.3 is 219 Å². The van der Waals surface area contributed by atoms with Gasteiger partial charge in [0.2, 0.25) is 0 Å². The molecule has 0 aromatic heterocycles. The van der Waals surface area contributed by atoms with Crippen molar-refractivity contribution in [3.8, 4) is 0 Å². The van der Waals surface area contributed by atoms with E-state index in [0.29, 0.717) is 13.5 Å². The van der Waals surface area contributed by atoms with Crippen molar-refractivity contribution in [2.75, 3.05) is 0 Å². The van der Waals surface area contributed by atoms with Crippen LogP contribution in [-0.4, -0.2) is 0 Å². The van der Waals surface area contributed by atoms with Crippen LogP contribution < -0.4 is 10.6 Å². The molecule has 0 N–H and O–H groups in total. The van der Waals surface area contributed by atoms with E-state index in [4.69, 9.17) is 19.1 Å². The van der Waals surface area contributed by atoms with Gasteiger partial charge in [0, 0.05) is 0 Å². The van der Waals surface area contributed by atoms with Crippen molar-refractivity contribution in [3.63, 3.8) is 0 Å². The van der Waals surface area contributed by atoms with E-state index in [2.05, 4.69) is 119 Å². The number of hydrogen-bond donors (Lipinski definition) is 0. The van der Waals surface area contributed by atoms with Crippen molar-refractivity contribution in [2.24, 2.45) is 0 Å². The maximum atomic E-state index is 7.32. The molecule has 0 aliphatic rings. The molecule has 0 nitrogen and oxygen atoms in total. The molecular formula is C28H44Cl2P2Pd. The fraction of sp³-hybridized carbons (Fsp3) is 0.571. The third-order valence-corrected chi connectivity index (χ3v) is 19.7. The van der Waals surface area contributed by atoms with E-state index in [-0.39, 0.29) is 21.7 Å². The molecule has 33 heavy (non-hydrogen) atoms. The van der Waals surface area contributed by atoms with E-state index in [1.807, 2.05) is 0 Å². The van der Waals surface area contributed by atoms with Crippen LogP contribution in [-0.2, 0) is 34.2 Å². The minimum absolute atomic E-state index is 0.0398. The van der Waals surface area contributed by atoms with Crippen LogP contribution in [0.3, 0.4) is 0 Å². The summed E-state index contributed by atoms with van der Waals surface area (Å²) in [5.74, 6) is 0. The molecule has 0 amide bonds. The molecule has 2 aromatic rings. The molecule has 0 bridgehead atoms. The molecule has 5 heteroatoms. The molecule has 2 unspecified atom stereocenters. The second kappa shape index (κ2) is 10.1. The Morgan fingerprint density at radius 1 is 0.515 bits per heavy atom. The van der Waals surface area contributed by atoms with E-state index < -0.39 is 12.5 Å². The van der Waals surface area contributed by atoms with Gasteiger partial charge in [-0.15, -0.1) is 0 Å². The zero-order valence-electron chi connectivity index (χ0n) is 22.5. The molecule has 2 aromatic carbocycles. The molecule has 0 fully saturated rings. The Morgan fingerprint density at radius 2 is 0.818 bits per heavy atom. The minimum atomic E-state index is -2.71. The van der Waals surface area contributed by atoms with Crippen LogP contribution in [0.2, 0.25) is 0 Å². The molecule has 190 valence electrons. The second-order valence-electron chi connectivity index (χ2n) is 13.0. The number of benzene rings is 2. The van der Waals surface area contributed by atoms with Gasteiger partial charge in [0.15, 0.2) is 0 Å². The number of halogens is 2. The van der Waals surface area contributed by atoms with Crippen LogP contribution in [0, 0.1) is 0 Å². The van der Waals surface area contributed by atoms with E-state index in [9.17, 15) is 0 Å². The SMILES string of the molecule is CC(C)(C)c1cccc([PH][Pd]([Cl])([Cl])[PH]c2cccc(C(C)(C)C)c2C(C)(C)C)c1C(C)(C)C. The van der Waals surface area contributed by atoms with Gasteiger partial charge in [-0.3, -0.25) is 0 Å². The van der Waals surface area contributed by atoms with Gasteiger partial charge in [-0.2, -0.15) is 0 Å². The van der Waals surface area contributed by atoms with Crippen molar-refractivity contribution >= 4 is 43.2 Å². The molecule has 0 saturated carbocycles. The first-order valence-electron chi connectivity index (χ1n) is 11.5. The van der Waals surface area contributed by atoms with Gasteiger partial charge in [-0.05, 0) is 0 Å². The van der Waals surface area contributed by atoms with E-state index in [1.165, 1.54) is 32.9 Å². The van der Waals surface area contributed by atoms with Gasteiger partial charge in [0.25, 0.3) is 0 Å². The Labute approximate surface area is 217 Å². The summed E-state index contributed by atoms with van der Waals surface area (Å²) in [5.41, 5.74) is 5.92. The van der Waals surface area contributed by atoms with Crippen molar-refractivity contribution in [3.05, 3.63) is 58.7 Å². The van der Waals surface area contributed by atoms with Crippen molar-refractivity contribution < 1.29 is 12.5 Å². The molecule has 0 heterocycles. The Balaban J connectivity index is 2.58. The Bertz CT molecular complexity index is 905. The molecule has 0 aliphatic carbocycles. The molecule has 0 saturated heterocycles. The normalized spacial score (nSPS) is 15.2. The van der Waals surface area contributed by atoms with Gasteiger partial charge < -0.3 is 0 Å². The fourth-order valence-corrected chi connectivity index (χ4v) is 20.0. The van der Waals surface area contributed by atoms with Crippen LogP contribution in [0.4, 0.5) is 0 Å². The third-order valence-electron chi connectivity index (χ3n) is 5.61. The van der Waals surface area contributed by atoms with Gasteiger partial charge in [0.1, 0.15) is 0 Å². The Kier molecular flexibility index (Phi) is 9.14. The summed E-state index contributed by atoms with van der Waals surface area (Å²) in [5, 5.41) is 2.71. The quantitative estimate of drug-likeness (QED) is 0.236. The predicted octanol–water partition coefficient (Wildman–Crippen LogP) is 9.48. The summed E-state index contributed by atoms with van der Waals surface area (Å²) in [6, 6.07) is 13.5. The van der Waals surface area contributed by atoms with Crippen LogP contribution >= 0.6 is 32.6 Å². The topological polar surface area (TPSA) is 0 Å². The van der Waals surface area contributed by atoms with E-state index in [0.717, 1.165) is 0 Å². The third kappa shape index (κ3) is 7.76. The van der Waals surface area contributed by atoms with Crippen LogP contribution in [0.1, 0.15) is 105 Å². The summed E-state index contributed by atoms with van der Waals surface area (Å²) in [6.07, 6.45) is 0. The maximum absolute atomic E-state index is 7.32. The van der Waals surface area contributed by atoms with Gasteiger partial charge in [-0.1, -0.05) is 0 Å². The van der Waals surface area contributed by atoms with Crippen LogP contribution in [0.5, 0.6) is 0 Å². The van der Waals surface area contributed by atoms with Crippen LogP contribution in [0.15, 0.2) is 36.4 Å². The fourth-order valence-electron chi connectivity index (χ4n) is 4.34. The summed E-state index contributed by atoms with van der Waals surface area (Å²) in [4.78, 5) is 0. The Hall–Kier alpha value is 0.542. The van der Waals surface area contributed by atoms with E-state index >= 15 is 0 Å². The van der Waals surface area contributed by atoms with Crippen molar-refractivity contribution in [1.82, 2.24) is 0 Å². The predicted molar refractivity (Wildman–Crippen MR) is 155 cm³/mol. The monoisotopic (exact) mass is 618 g/mol. The molecule has 0 spiro atoms. The molecule has 0 radical (unpaired) electrons. The second-order valence-corrected chi connectivity index (χ2v) is 35.7. The molecule has 2 atom stereocenters. The number of rotatable bonds is 4. The first-order chi connectivity index (χ1) is 14.6. The zero-order valence-corrected chi connectivity index (χ0v) is 27.6. The average Bonchev–Trinajstić information content (AvgIpc) is 2.57. The van der Waals surface area contributed by atoms with Crippen LogP contribution in [0.25, 0.3) is 0 Å². The summed E-state index contributed by atoms with van der Waals surface area (Å²) in [7, 11) is 14.6. The molecule has 0 aliphatic heterocycles. The van der Waals surface area contributed by atoms with E-state index in [1.54, 1.807) is 0 Å². The first kappa shape index (κ1) is 29.8. The van der Waals surface area contributed by atoms with Crippen molar-refractivity contribution in [2.45, 2.75) is 105 Å².